The minimum atomic E-state index is -0.205. The van der Waals surface area contributed by atoms with Crippen LogP contribution in [0.1, 0.15) is 12.8 Å². The molecule has 0 aromatic heterocycles. The summed E-state index contributed by atoms with van der Waals surface area (Å²) in [4.78, 5) is 11.2. The Balaban J connectivity index is 2.48. The quantitative estimate of drug-likeness (QED) is 0.595. The third-order valence-corrected chi connectivity index (χ3v) is 2.32. The molecule has 13 heavy (non-hydrogen) atoms. The summed E-state index contributed by atoms with van der Waals surface area (Å²) >= 11 is 0. The number of ether oxygens (including phenoxy) is 3. The average molecular weight is 188 g/mol. The molecule has 1 fully saturated rings. The smallest absolute Gasteiger partial charge is 0.311 e. The molecule has 0 aromatic carbocycles. The molecule has 0 aliphatic carbocycles. The zero-order valence-corrected chi connectivity index (χ0v) is 8.12. The van der Waals surface area contributed by atoms with Crippen LogP contribution in [0.15, 0.2) is 0 Å². The minimum Gasteiger partial charge on any atom is -0.469 e. The Morgan fingerprint density at radius 1 is 1.46 bits per heavy atom. The SMILES string of the molecule is COC(=O)C1COCCC(OC)C1. The molecule has 1 aliphatic heterocycles. The van der Waals surface area contributed by atoms with Crippen LogP contribution < -0.4 is 0 Å². The Bertz CT molecular complexity index is 169. The lowest BCUT2D eigenvalue weighted by Crippen LogP contribution is -2.24. The molecule has 0 bridgehead atoms. The Hall–Kier alpha value is -0.610. The van der Waals surface area contributed by atoms with Gasteiger partial charge in [-0.2, -0.15) is 0 Å². The topological polar surface area (TPSA) is 44.8 Å². The molecule has 2 atom stereocenters. The van der Waals surface area contributed by atoms with Crippen LogP contribution in [0.2, 0.25) is 0 Å². The Morgan fingerprint density at radius 3 is 2.85 bits per heavy atom. The fourth-order valence-corrected chi connectivity index (χ4v) is 1.49. The van der Waals surface area contributed by atoms with Crippen molar-refractivity contribution in [2.24, 2.45) is 5.92 Å². The number of carbonyl (C=O) groups excluding carboxylic acids is 1. The lowest BCUT2D eigenvalue weighted by atomic mass is 10.0. The van der Waals surface area contributed by atoms with Crippen LogP contribution in [-0.4, -0.2) is 39.5 Å². The highest BCUT2D eigenvalue weighted by Crippen LogP contribution is 2.18. The van der Waals surface area contributed by atoms with E-state index < -0.39 is 0 Å². The highest BCUT2D eigenvalue weighted by molar-refractivity contribution is 5.72. The summed E-state index contributed by atoms with van der Waals surface area (Å²) in [6.45, 7) is 1.11. The van der Waals surface area contributed by atoms with Crippen molar-refractivity contribution < 1.29 is 19.0 Å². The van der Waals surface area contributed by atoms with Gasteiger partial charge < -0.3 is 14.2 Å². The largest absolute Gasteiger partial charge is 0.469 e. The molecule has 76 valence electrons. The summed E-state index contributed by atoms with van der Waals surface area (Å²) in [7, 11) is 3.05. The number of carbonyl (C=O) groups is 1. The lowest BCUT2D eigenvalue weighted by Gasteiger charge is -2.15. The first-order chi connectivity index (χ1) is 6.27. The molecule has 1 rings (SSSR count). The van der Waals surface area contributed by atoms with E-state index in [0.717, 1.165) is 6.42 Å². The summed E-state index contributed by atoms with van der Waals surface area (Å²) in [6.07, 6.45) is 1.67. The van der Waals surface area contributed by atoms with E-state index in [1.54, 1.807) is 7.11 Å². The summed E-state index contributed by atoms with van der Waals surface area (Å²) in [5, 5.41) is 0. The highest BCUT2D eigenvalue weighted by Gasteiger charge is 2.26. The van der Waals surface area contributed by atoms with E-state index in [1.807, 2.05) is 0 Å². The Kier molecular flexibility index (Phi) is 4.18. The van der Waals surface area contributed by atoms with E-state index in [9.17, 15) is 4.79 Å². The molecule has 0 amide bonds. The predicted octanol–water partition coefficient (Wildman–Crippen LogP) is 0.601. The van der Waals surface area contributed by atoms with E-state index >= 15 is 0 Å². The molecule has 4 nitrogen and oxygen atoms in total. The third-order valence-electron chi connectivity index (χ3n) is 2.32. The van der Waals surface area contributed by atoms with Crippen LogP contribution in [0.4, 0.5) is 0 Å². The summed E-state index contributed by atoms with van der Waals surface area (Å²) < 4.78 is 15.2. The third kappa shape index (κ3) is 2.97. The van der Waals surface area contributed by atoms with Gasteiger partial charge in [-0.3, -0.25) is 4.79 Å². The van der Waals surface area contributed by atoms with E-state index in [0.29, 0.717) is 19.6 Å². The van der Waals surface area contributed by atoms with Crippen molar-refractivity contribution in [3.8, 4) is 0 Å². The summed E-state index contributed by atoms with van der Waals surface area (Å²) in [5.74, 6) is -0.374. The van der Waals surface area contributed by atoms with E-state index in [2.05, 4.69) is 4.74 Å². The molecule has 1 heterocycles. The Morgan fingerprint density at radius 2 is 2.23 bits per heavy atom. The fraction of sp³-hybridized carbons (Fsp3) is 0.889. The predicted molar refractivity (Wildman–Crippen MR) is 46.4 cm³/mol. The molecule has 0 saturated carbocycles. The number of hydrogen-bond donors (Lipinski definition) is 0. The van der Waals surface area contributed by atoms with Gasteiger partial charge in [-0.05, 0) is 12.8 Å². The second-order valence-electron chi connectivity index (χ2n) is 3.18. The number of hydrogen-bond acceptors (Lipinski definition) is 4. The van der Waals surface area contributed by atoms with Gasteiger partial charge in [0.1, 0.15) is 0 Å². The van der Waals surface area contributed by atoms with Crippen LogP contribution in [0, 0.1) is 5.92 Å². The van der Waals surface area contributed by atoms with Gasteiger partial charge in [0, 0.05) is 13.7 Å². The number of rotatable bonds is 2. The molecule has 1 saturated heterocycles. The number of esters is 1. The van der Waals surface area contributed by atoms with Crippen molar-refractivity contribution in [1.29, 1.82) is 0 Å². The highest BCUT2D eigenvalue weighted by atomic mass is 16.5. The molecule has 0 N–H and O–H groups in total. The maximum atomic E-state index is 11.2. The molecular weight excluding hydrogens is 172 g/mol. The van der Waals surface area contributed by atoms with Crippen LogP contribution in [-0.2, 0) is 19.0 Å². The van der Waals surface area contributed by atoms with Crippen molar-refractivity contribution in [3.05, 3.63) is 0 Å². The molecule has 0 aromatic rings. The van der Waals surface area contributed by atoms with Gasteiger partial charge in [0.2, 0.25) is 0 Å². The summed E-state index contributed by atoms with van der Waals surface area (Å²) in [6, 6.07) is 0. The first-order valence-corrected chi connectivity index (χ1v) is 4.46. The van der Waals surface area contributed by atoms with Crippen LogP contribution in [0.3, 0.4) is 0 Å². The molecule has 0 spiro atoms. The lowest BCUT2D eigenvalue weighted by molar-refractivity contribution is -0.148. The summed E-state index contributed by atoms with van der Waals surface area (Å²) in [5.41, 5.74) is 0. The van der Waals surface area contributed by atoms with Gasteiger partial charge in [-0.1, -0.05) is 0 Å². The van der Waals surface area contributed by atoms with Crippen molar-refractivity contribution in [1.82, 2.24) is 0 Å². The van der Waals surface area contributed by atoms with Crippen molar-refractivity contribution in [2.45, 2.75) is 18.9 Å². The Labute approximate surface area is 78.2 Å². The fourth-order valence-electron chi connectivity index (χ4n) is 1.49. The van der Waals surface area contributed by atoms with Gasteiger partial charge in [0.25, 0.3) is 0 Å². The van der Waals surface area contributed by atoms with Crippen LogP contribution >= 0.6 is 0 Å². The molecule has 2 unspecified atom stereocenters. The standard InChI is InChI=1S/C9H16O4/c1-11-8-3-4-13-6-7(5-8)9(10)12-2/h7-8H,3-6H2,1-2H3. The molecular formula is C9H16O4. The zero-order valence-electron chi connectivity index (χ0n) is 8.12. The van der Waals surface area contributed by atoms with Crippen LogP contribution in [0.25, 0.3) is 0 Å². The van der Waals surface area contributed by atoms with Gasteiger partial charge >= 0.3 is 5.97 Å². The van der Waals surface area contributed by atoms with Crippen molar-refractivity contribution in [3.63, 3.8) is 0 Å². The van der Waals surface area contributed by atoms with Crippen molar-refractivity contribution >= 4 is 5.97 Å². The maximum absolute atomic E-state index is 11.2. The minimum absolute atomic E-state index is 0.117. The first kappa shape index (κ1) is 10.5. The number of methoxy groups -OCH3 is 2. The van der Waals surface area contributed by atoms with E-state index in [1.165, 1.54) is 7.11 Å². The average Bonchev–Trinajstić information content (AvgIpc) is 2.41. The van der Waals surface area contributed by atoms with E-state index in [-0.39, 0.29) is 18.0 Å². The molecule has 1 aliphatic rings. The van der Waals surface area contributed by atoms with Gasteiger partial charge in [-0.15, -0.1) is 0 Å². The maximum Gasteiger partial charge on any atom is 0.311 e. The molecule has 0 radical (unpaired) electrons. The van der Waals surface area contributed by atoms with Gasteiger partial charge in [0.05, 0.1) is 25.7 Å². The van der Waals surface area contributed by atoms with E-state index in [4.69, 9.17) is 9.47 Å². The van der Waals surface area contributed by atoms with Crippen molar-refractivity contribution in [2.75, 3.05) is 27.4 Å². The normalized spacial score (nSPS) is 29.4. The van der Waals surface area contributed by atoms with Gasteiger partial charge in [0.15, 0.2) is 0 Å². The van der Waals surface area contributed by atoms with Crippen LogP contribution in [0.5, 0.6) is 0 Å². The molecule has 4 heteroatoms. The first-order valence-electron chi connectivity index (χ1n) is 4.46. The second kappa shape index (κ2) is 5.19. The zero-order chi connectivity index (χ0) is 9.68. The monoisotopic (exact) mass is 188 g/mol. The second-order valence-corrected chi connectivity index (χ2v) is 3.18. The van der Waals surface area contributed by atoms with Gasteiger partial charge in [-0.25, -0.2) is 0 Å².